The molecule has 2 rings (SSSR count). The topological polar surface area (TPSA) is 44.4 Å². The molecule has 0 saturated carbocycles. The zero-order valence-corrected chi connectivity index (χ0v) is 12.5. The standard InChI is InChI=1S/C17H21N3O/c1-20(2)13-14-8-10-16(11-9-14)19-17(21)12-18-15-6-4-3-5-7-15/h3-11,18H,12-13H2,1-2H3,(H,19,21). The maximum absolute atomic E-state index is 11.9. The van der Waals surface area contributed by atoms with E-state index < -0.39 is 0 Å². The molecule has 2 aromatic carbocycles. The third kappa shape index (κ3) is 5.28. The largest absolute Gasteiger partial charge is 0.376 e. The number of para-hydroxylation sites is 1. The Morgan fingerprint density at radius 3 is 2.24 bits per heavy atom. The lowest BCUT2D eigenvalue weighted by atomic mass is 10.2. The van der Waals surface area contributed by atoms with Crippen molar-refractivity contribution in [3.05, 3.63) is 60.2 Å². The second-order valence-corrected chi connectivity index (χ2v) is 5.20. The van der Waals surface area contributed by atoms with Crippen LogP contribution in [0.5, 0.6) is 0 Å². The van der Waals surface area contributed by atoms with Crippen LogP contribution in [0.2, 0.25) is 0 Å². The Labute approximate surface area is 125 Å². The number of carbonyl (C=O) groups excluding carboxylic acids is 1. The van der Waals surface area contributed by atoms with Crippen LogP contribution in [-0.2, 0) is 11.3 Å². The number of carbonyl (C=O) groups is 1. The second kappa shape index (κ2) is 7.45. The van der Waals surface area contributed by atoms with Crippen molar-refractivity contribution < 1.29 is 4.79 Å². The summed E-state index contributed by atoms with van der Waals surface area (Å²) in [7, 11) is 4.07. The van der Waals surface area contributed by atoms with Gasteiger partial charge < -0.3 is 15.5 Å². The van der Waals surface area contributed by atoms with Gasteiger partial charge in [-0.2, -0.15) is 0 Å². The van der Waals surface area contributed by atoms with E-state index in [1.807, 2.05) is 68.7 Å². The van der Waals surface area contributed by atoms with E-state index in [-0.39, 0.29) is 12.5 Å². The molecular formula is C17H21N3O. The van der Waals surface area contributed by atoms with Crippen molar-refractivity contribution in [1.82, 2.24) is 4.90 Å². The number of anilines is 2. The van der Waals surface area contributed by atoms with Crippen molar-refractivity contribution in [3.63, 3.8) is 0 Å². The number of benzene rings is 2. The van der Waals surface area contributed by atoms with Gasteiger partial charge in [-0.3, -0.25) is 4.79 Å². The van der Waals surface area contributed by atoms with Gasteiger partial charge in [-0.05, 0) is 43.9 Å². The van der Waals surface area contributed by atoms with E-state index in [0.29, 0.717) is 0 Å². The summed E-state index contributed by atoms with van der Waals surface area (Å²) in [6, 6.07) is 17.6. The smallest absolute Gasteiger partial charge is 0.243 e. The van der Waals surface area contributed by atoms with Crippen molar-refractivity contribution in [3.8, 4) is 0 Å². The molecule has 4 heteroatoms. The van der Waals surface area contributed by atoms with Crippen LogP contribution >= 0.6 is 0 Å². The molecule has 0 fully saturated rings. The van der Waals surface area contributed by atoms with Gasteiger partial charge in [0.1, 0.15) is 0 Å². The van der Waals surface area contributed by atoms with Gasteiger partial charge >= 0.3 is 0 Å². The predicted molar refractivity (Wildman–Crippen MR) is 87.4 cm³/mol. The van der Waals surface area contributed by atoms with E-state index in [1.165, 1.54) is 5.56 Å². The first kappa shape index (κ1) is 15.1. The molecule has 0 aliphatic heterocycles. The summed E-state index contributed by atoms with van der Waals surface area (Å²) >= 11 is 0. The third-order valence-corrected chi connectivity index (χ3v) is 2.96. The average molecular weight is 283 g/mol. The summed E-state index contributed by atoms with van der Waals surface area (Å²) in [5, 5.41) is 5.96. The van der Waals surface area contributed by atoms with E-state index in [9.17, 15) is 4.79 Å². The van der Waals surface area contributed by atoms with Gasteiger partial charge in [0.05, 0.1) is 6.54 Å². The monoisotopic (exact) mass is 283 g/mol. The van der Waals surface area contributed by atoms with Gasteiger partial charge in [-0.25, -0.2) is 0 Å². The van der Waals surface area contributed by atoms with Crippen molar-refractivity contribution in [1.29, 1.82) is 0 Å². The Balaban J connectivity index is 1.82. The van der Waals surface area contributed by atoms with Crippen LogP contribution < -0.4 is 10.6 Å². The number of hydrogen-bond acceptors (Lipinski definition) is 3. The van der Waals surface area contributed by atoms with Crippen LogP contribution in [0.15, 0.2) is 54.6 Å². The maximum atomic E-state index is 11.9. The highest BCUT2D eigenvalue weighted by Gasteiger charge is 2.02. The molecule has 4 nitrogen and oxygen atoms in total. The molecular weight excluding hydrogens is 262 g/mol. The average Bonchev–Trinajstić information content (AvgIpc) is 2.48. The molecule has 110 valence electrons. The first-order valence-corrected chi connectivity index (χ1v) is 6.96. The number of nitrogens with one attached hydrogen (secondary N) is 2. The number of rotatable bonds is 6. The number of hydrogen-bond donors (Lipinski definition) is 2. The first-order chi connectivity index (χ1) is 10.1. The van der Waals surface area contributed by atoms with Gasteiger partial charge in [0, 0.05) is 17.9 Å². The van der Waals surface area contributed by atoms with Crippen molar-refractivity contribution in [2.75, 3.05) is 31.3 Å². The molecule has 0 atom stereocenters. The van der Waals surface area contributed by atoms with E-state index in [2.05, 4.69) is 15.5 Å². The van der Waals surface area contributed by atoms with Crippen molar-refractivity contribution in [2.24, 2.45) is 0 Å². The zero-order valence-electron chi connectivity index (χ0n) is 12.5. The Kier molecular flexibility index (Phi) is 5.35. The molecule has 2 N–H and O–H groups in total. The molecule has 0 heterocycles. The van der Waals surface area contributed by atoms with Crippen molar-refractivity contribution >= 4 is 17.3 Å². The fraction of sp³-hybridized carbons (Fsp3) is 0.235. The van der Waals surface area contributed by atoms with E-state index >= 15 is 0 Å². The quantitative estimate of drug-likeness (QED) is 0.857. The molecule has 2 aromatic rings. The van der Waals surface area contributed by atoms with Crippen molar-refractivity contribution in [2.45, 2.75) is 6.54 Å². The summed E-state index contributed by atoms with van der Waals surface area (Å²) in [4.78, 5) is 14.0. The van der Waals surface area contributed by atoms with Gasteiger partial charge in [-0.1, -0.05) is 30.3 Å². The molecule has 0 spiro atoms. The van der Waals surface area contributed by atoms with Crippen LogP contribution in [0.3, 0.4) is 0 Å². The van der Waals surface area contributed by atoms with Crippen LogP contribution in [-0.4, -0.2) is 31.4 Å². The first-order valence-electron chi connectivity index (χ1n) is 6.96. The molecule has 21 heavy (non-hydrogen) atoms. The predicted octanol–water partition coefficient (Wildman–Crippen LogP) is 2.80. The Morgan fingerprint density at radius 1 is 0.952 bits per heavy atom. The summed E-state index contributed by atoms with van der Waals surface area (Å²) in [5.41, 5.74) is 2.98. The van der Waals surface area contributed by atoms with E-state index in [4.69, 9.17) is 0 Å². The molecule has 0 saturated heterocycles. The highest BCUT2D eigenvalue weighted by Crippen LogP contribution is 2.11. The lowest BCUT2D eigenvalue weighted by Crippen LogP contribution is -2.21. The van der Waals surface area contributed by atoms with Gasteiger partial charge in [0.15, 0.2) is 0 Å². The fourth-order valence-corrected chi connectivity index (χ4v) is 2.00. The molecule has 0 aliphatic rings. The molecule has 1 amide bonds. The third-order valence-electron chi connectivity index (χ3n) is 2.96. The second-order valence-electron chi connectivity index (χ2n) is 5.20. The summed E-state index contributed by atoms with van der Waals surface area (Å²) in [5.74, 6) is -0.0563. The molecule has 0 aliphatic carbocycles. The summed E-state index contributed by atoms with van der Waals surface area (Å²) in [6.07, 6.45) is 0. The summed E-state index contributed by atoms with van der Waals surface area (Å²) < 4.78 is 0. The minimum Gasteiger partial charge on any atom is -0.376 e. The highest BCUT2D eigenvalue weighted by molar-refractivity contribution is 5.93. The molecule has 0 bridgehead atoms. The molecule has 0 aromatic heterocycles. The van der Waals surface area contributed by atoms with E-state index in [0.717, 1.165) is 17.9 Å². The number of amides is 1. The van der Waals surface area contributed by atoms with Crippen LogP contribution in [0, 0.1) is 0 Å². The minimum atomic E-state index is -0.0563. The van der Waals surface area contributed by atoms with E-state index in [1.54, 1.807) is 0 Å². The van der Waals surface area contributed by atoms with Crippen LogP contribution in [0.1, 0.15) is 5.56 Å². The fourth-order valence-electron chi connectivity index (χ4n) is 2.00. The SMILES string of the molecule is CN(C)Cc1ccc(NC(=O)CNc2ccccc2)cc1. The highest BCUT2D eigenvalue weighted by atomic mass is 16.1. The minimum absolute atomic E-state index is 0.0563. The van der Waals surface area contributed by atoms with Gasteiger partial charge in [0.2, 0.25) is 5.91 Å². The molecule has 0 radical (unpaired) electrons. The normalized spacial score (nSPS) is 10.4. The van der Waals surface area contributed by atoms with Crippen LogP contribution in [0.4, 0.5) is 11.4 Å². The summed E-state index contributed by atoms with van der Waals surface area (Å²) in [6.45, 7) is 1.15. The Morgan fingerprint density at radius 2 is 1.62 bits per heavy atom. The van der Waals surface area contributed by atoms with Crippen LogP contribution in [0.25, 0.3) is 0 Å². The maximum Gasteiger partial charge on any atom is 0.243 e. The molecule has 0 unspecified atom stereocenters. The zero-order chi connectivity index (χ0) is 15.1. The van der Waals surface area contributed by atoms with Gasteiger partial charge in [-0.15, -0.1) is 0 Å². The van der Waals surface area contributed by atoms with Gasteiger partial charge in [0.25, 0.3) is 0 Å². The Bertz CT molecular complexity index is 564. The number of nitrogens with zero attached hydrogens (tertiary/aromatic N) is 1. The lowest BCUT2D eigenvalue weighted by molar-refractivity contribution is -0.114. The Hall–Kier alpha value is -2.33. The lowest BCUT2D eigenvalue weighted by Gasteiger charge is -2.11.